The highest BCUT2D eigenvalue weighted by atomic mass is 79.9. The molecule has 0 spiro atoms. The van der Waals surface area contributed by atoms with Crippen LogP contribution in [0.4, 0.5) is 4.79 Å². The van der Waals surface area contributed by atoms with Crippen molar-refractivity contribution >= 4 is 22.1 Å². The predicted octanol–water partition coefficient (Wildman–Crippen LogP) is 3.34. The Morgan fingerprint density at radius 2 is 1.94 bits per heavy atom. The molecule has 5 heteroatoms. The van der Waals surface area contributed by atoms with Crippen LogP contribution in [0.15, 0.2) is 10.5 Å². The van der Waals surface area contributed by atoms with Crippen molar-refractivity contribution in [3.05, 3.63) is 21.7 Å². The predicted molar refractivity (Wildman–Crippen MR) is 63.2 cm³/mol. The minimum atomic E-state index is -1.44. The molecule has 0 bridgehead atoms. The molecule has 1 rings (SSSR count). The number of rotatable bonds is 3. The number of phenolic OH excluding ortho intramolecular Hbond substituents is 1. The fourth-order valence-corrected chi connectivity index (χ4v) is 2.37. The molecule has 1 aromatic carbocycles. The number of carbonyl (C=O) groups is 1. The molecule has 0 saturated carbocycles. The van der Waals surface area contributed by atoms with Gasteiger partial charge in [-0.05, 0) is 24.5 Å². The third-order valence-corrected chi connectivity index (χ3v) is 3.04. The van der Waals surface area contributed by atoms with Crippen LogP contribution < -0.4 is 4.74 Å². The van der Waals surface area contributed by atoms with E-state index in [0.29, 0.717) is 12.0 Å². The zero-order chi connectivity index (χ0) is 12.3. The fraction of sp³-hybridized carbons (Fsp3) is 0.364. The second kappa shape index (κ2) is 5.21. The van der Waals surface area contributed by atoms with Crippen molar-refractivity contribution < 1.29 is 19.7 Å². The third-order valence-electron chi connectivity index (χ3n) is 2.33. The van der Waals surface area contributed by atoms with E-state index in [1.165, 1.54) is 6.07 Å². The smallest absolute Gasteiger partial charge is 0.504 e. The van der Waals surface area contributed by atoms with Gasteiger partial charge in [0.15, 0.2) is 11.5 Å². The molecule has 0 unspecified atom stereocenters. The molecule has 0 fully saturated rings. The van der Waals surface area contributed by atoms with E-state index in [2.05, 4.69) is 20.7 Å². The maximum Gasteiger partial charge on any atom is 0.511 e. The van der Waals surface area contributed by atoms with Crippen molar-refractivity contribution in [2.75, 3.05) is 0 Å². The van der Waals surface area contributed by atoms with Gasteiger partial charge in [-0.2, -0.15) is 0 Å². The first kappa shape index (κ1) is 12.8. The SMILES string of the molecule is CCc1c(Br)cc(OC(=O)O)c(O)c1CC. The van der Waals surface area contributed by atoms with Crippen LogP contribution in [0.2, 0.25) is 0 Å². The molecule has 16 heavy (non-hydrogen) atoms. The summed E-state index contributed by atoms with van der Waals surface area (Å²) < 4.78 is 5.26. The van der Waals surface area contributed by atoms with E-state index >= 15 is 0 Å². The number of hydrogen-bond donors (Lipinski definition) is 2. The van der Waals surface area contributed by atoms with Crippen molar-refractivity contribution in [3.8, 4) is 11.5 Å². The maximum atomic E-state index is 10.4. The highest BCUT2D eigenvalue weighted by Gasteiger charge is 2.16. The molecule has 0 atom stereocenters. The Balaban J connectivity index is 3.33. The van der Waals surface area contributed by atoms with Crippen molar-refractivity contribution in [3.63, 3.8) is 0 Å². The lowest BCUT2D eigenvalue weighted by Crippen LogP contribution is -2.05. The summed E-state index contributed by atoms with van der Waals surface area (Å²) >= 11 is 3.34. The molecule has 0 aliphatic carbocycles. The molecule has 0 saturated heterocycles. The van der Waals surface area contributed by atoms with Gasteiger partial charge < -0.3 is 14.9 Å². The summed E-state index contributed by atoms with van der Waals surface area (Å²) in [6.07, 6.45) is -0.0664. The maximum absolute atomic E-state index is 10.4. The Bertz CT molecular complexity index is 415. The van der Waals surface area contributed by atoms with E-state index in [4.69, 9.17) is 5.11 Å². The Labute approximate surface area is 102 Å². The molecule has 0 radical (unpaired) electrons. The van der Waals surface area contributed by atoms with Crippen molar-refractivity contribution in [2.45, 2.75) is 26.7 Å². The largest absolute Gasteiger partial charge is 0.511 e. The standard InChI is InChI=1S/C11H13BrO4/c1-3-6-7(4-2)10(13)9(5-8(6)12)16-11(14)15/h5,13H,3-4H2,1-2H3,(H,14,15). The molecule has 0 aliphatic heterocycles. The van der Waals surface area contributed by atoms with Crippen molar-refractivity contribution in [1.29, 1.82) is 0 Å². The summed E-state index contributed by atoms with van der Waals surface area (Å²) in [6, 6.07) is 1.47. The lowest BCUT2D eigenvalue weighted by atomic mass is 10.0. The molecule has 1 aromatic rings. The lowest BCUT2D eigenvalue weighted by Gasteiger charge is -2.13. The normalized spacial score (nSPS) is 10.2. The van der Waals surface area contributed by atoms with Crippen molar-refractivity contribution in [2.24, 2.45) is 0 Å². The van der Waals surface area contributed by atoms with Gasteiger partial charge in [0.05, 0.1) is 0 Å². The molecule has 0 aromatic heterocycles. The molecule has 0 amide bonds. The van der Waals surface area contributed by atoms with Gasteiger partial charge in [0.25, 0.3) is 0 Å². The quantitative estimate of drug-likeness (QED) is 0.661. The number of halogens is 1. The van der Waals surface area contributed by atoms with Crippen LogP contribution in [0.5, 0.6) is 11.5 Å². The van der Waals surface area contributed by atoms with E-state index in [0.717, 1.165) is 16.5 Å². The van der Waals surface area contributed by atoms with Gasteiger partial charge in [-0.25, -0.2) is 4.79 Å². The van der Waals surface area contributed by atoms with E-state index in [1.54, 1.807) is 0 Å². The van der Waals surface area contributed by atoms with Gasteiger partial charge in [0, 0.05) is 10.0 Å². The fourth-order valence-electron chi connectivity index (χ4n) is 1.64. The molecule has 0 heterocycles. The number of ether oxygens (including phenoxy) is 1. The number of hydrogen-bond acceptors (Lipinski definition) is 3. The lowest BCUT2D eigenvalue weighted by molar-refractivity contribution is 0.142. The summed E-state index contributed by atoms with van der Waals surface area (Å²) in [4.78, 5) is 10.4. The van der Waals surface area contributed by atoms with Gasteiger partial charge in [0.1, 0.15) is 0 Å². The Morgan fingerprint density at radius 3 is 2.38 bits per heavy atom. The van der Waals surface area contributed by atoms with Gasteiger partial charge in [-0.1, -0.05) is 29.8 Å². The average Bonchev–Trinajstić information content (AvgIpc) is 2.21. The Morgan fingerprint density at radius 1 is 1.38 bits per heavy atom. The first-order valence-corrected chi connectivity index (χ1v) is 5.74. The molecular formula is C11H13BrO4. The van der Waals surface area contributed by atoms with Gasteiger partial charge in [0.2, 0.25) is 0 Å². The van der Waals surface area contributed by atoms with Crippen LogP contribution >= 0.6 is 15.9 Å². The monoisotopic (exact) mass is 288 g/mol. The molecule has 88 valence electrons. The molecule has 0 aliphatic rings. The van der Waals surface area contributed by atoms with Crippen LogP contribution in [-0.4, -0.2) is 16.4 Å². The Kier molecular flexibility index (Phi) is 4.18. The number of carboxylic acid groups (broad SMARTS) is 1. The third kappa shape index (κ3) is 2.47. The topological polar surface area (TPSA) is 66.8 Å². The van der Waals surface area contributed by atoms with Crippen LogP contribution in [0.1, 0.15) is 25.0 Å². The van der Waals surface area contributed by atoms with Gasteiger partial charge >= 0.3 is 6.16 Å². The van der Waals surface area contributed by atoms with Crippen molar-refractivity contribution in [1.82, 2.24) is 0 Å². The summed E-state index contributed by atoms with van der Waals surface area (Å²) in [6.45, 7) is 3.86. The summed E-state index contributed by atoms with van der Waals surface area (Å²) in [7, 11) is 0. The minimum absolute atomic E-state index is 0.0339. The molecule has 2 N–H and O–H groups in total. The van der Waals surface area contributed by atoms with Crippen LogP contribution in [0, 0.1) is 0 Å². The summed E-state index contributed by atoms with van der Waals surface area (Å²) in [5.74, 6) is -0.127. The number of phenols is 1. The van der Waals surface area contributed by atoms with Gasteiger partial charge in [-0.3, -0.25) is 0 Å². The number of aromatic hydroxyl groups is 1. The average molecular weight is 289 g/mol. The first-order valence-electron chi connectivity index (χ1n) is 4.95. The second-order valence-electron chi connectivity index (χ2n) is 3.24. The van der Waals surface area contributed by atoms with Crippen LogP contribution in [-0.2, 0) is 12.8 Å². The van der Waals surface area contributed by atoms with E-state index in [1.807, 2.05) is 13.8 Å². The summed E-state index contributed by atoms with van der Waals surface area (Å²) in [5.41, 5.74) is 1.69. The van der Waals surface area contributed by atoms with E-state index < -0.39 is 6.16 Å². The second-order valence-corrected chi connectivity index (χ2v) is 4.09. The number of benzene rings is 1. The first-order chi connectivity index (χ1) is 7.51. The zero-order valence-corrected chi connectivity index (χ0v) is 10.7. The summed E-state index contributed by atoms with van der Waals surface area (Å²) in [5, 5.41) is 18.4. The zero-order valence-electron chi connectivity index (χ0n) is 9.08. The highest BCUT2D eigenvalue weighted by Crippen LogP contribution is 2.38. The van der Waals surface area contributed by atoms with Crippen LogP contribution in [0.3, 0.4) is 0 Å². The van der Waals surface area contributed by atoms with E-state index in [-0.39, 0.29) is 11.5 Å². The Hall–Kier alpha value is -1.23. The highest BCUT2D eigenvalue weighted by molar-refractivity contribution is 9.10. The van der Waals surface area contributed by atoms with E-state index in [9.17, 15) is 9.90 Å². The molecular weight excluding hydrogens is 276 g/mol. The van der Waals surface area contributed by atoms with Gasteiger partial charge in [-0.15, -0.1) is 0 Å². The molecule has 4 nitrogen and oxygen atoms in total. The minimum Gasteiger partial charge on any atom is -0.504 e. The van der Waals surface area contributed by atoms with Crippen LogP contribution in [0.25, 0.3) is 0 Å².